The number of nitrogens with one attached hydrogen (secondary N) is 2. The summed E-state index contributed by atoms with van der Waals surface area (Å²) in [4.78, 5) is 22.6. The maximum absolute atomic E-state index is 13.7. The van der Waals surface area contributed by atoms with E-state index >= 15 is 0 Å². The van der Waals surface area contributed by atoms with Crippen LogP contribution in [0.1, 0.15) is 22.8 Å². The molecular weight excluding hydrogens is 308 g/mol. The van der Waals surface area contributed by atoms with Gasteiger partial charge in [0, 0.05) is 12.6 Å². The predicted molar refractivity (Wildman–Crippen MR) is 68.4 cm³/mol. The Balaban J connectivity index is 2.77. The molecule has 3 N–H and O–H groups in total. The molecule has 0 radical (unpaired) electrons. The van der Waals surface area contributed by atoms with Crippen LogP contribution in [0, 0.1) is 5.82 Å². The number of carbonyl (C=O) groups excluding carboxylic acids is 2. The van der Waals surface area contributed by atoms with E-state index in [1.54, 1.807) is 0 Å². The lowest BCUT2D eigenvalue weighted by molar-refractivity contribution is -0.140. The van der Waals surface area contributed by atoms with E-state index in [4.69, 9.17) is 5.11 Å². The van der Waals surface area contributed by atoms with Crippen LogP contribution in [0.2, 0.25) is 0 Å². The van der Waals surface area contributed by atoms with E-state index in [0.29, 0.717) is 6.07 Å². The third kappa shape index (κ3) is 4.69. The van der Waals surface area contributed by atoms with Crippen LogP contribution in [-0.4, -0.2) is 36.1 Å². The third-order valence-electron chi connectivity index (χ3n) is 2.67. The van der Waals surface area contributed by atoms with Crippen molar-refractivity contribution in [1.29, 1.82) is 0 Å². The molecule has 1 rings (SSSR count). The van der Waals surface area contributed by atoms with Crippen LogP contribution in [-0.2, 0) is 11.0 Å². The molecule has 1 atom stereocenters. The molecule has 22 heavy (non-hydrogen) atoms. The molecule has 2 amide bonds. The van der Waals surface area contributed by atoms with Gasteiger partial charge in [0.2, 0.25) is 5.91 Å². The average Bonchev–Trinajstić information content (AvgIpc) is 2.43. The van der Waals surface area contributed by atoms with E-state index in [1.807, 2.05) is 0 Å². The molecule has 0 aliphatic carbocycles. The molecule has 0 aliphatic heterocycles. The van der Waals surface area contributed by atoms with Gasteiger partial charge in [-0.25, -0.2) is 4.39 Å². The van der Waals surface area contributed by atoms with Crippen molar-refractivity contribution in [2.75, 3.05) is 13.2 Å². The van der Waals surface area contributed by atoms with Gasteiger partial charge in [0.1, 0.15) is 12.4 Å². The third-order valence-corrected chi connectivity index (χ3v) is 2.67. The van der Waals surface area contributed by atoms with Gasteiger partial charge in [0.15, 0.2) is 0 Å². The monoisotopic (exact) mass is 322 g/mol. The number of alkyl halides is 3. The van der Waals surface area contributed by atoms with E-state index < -0.39 is 47.6 Å². The summed E-state index contributed by atoms with van der Waals surface area (Å²) in [7, 11) is 0. The van der Waals surface area contributed by atoms with Crippen molar-refractivity contribution >= 4 is 11.8 Å². The summed E-state index contributed by atoms with van der Waals surface area (Å²) < 4.78 is 51.4. The summed E-state index contributed by atoms with van der Waals surface area (Å²) in [5.41, 5.74) is -2.27. The number of hydrogen-bond acceptors (Lipinski definition) is 3. The second kappa shape index (κ2) is 7.21. The van der Waals surface area contributed by atoms with Crippen molar-refractivity contribution in [3.8, 4) is 0 Å². The molecule has 0 aromatic heterocycles. The molecule has 0 bridgehead atoms. The van der Waals surface area contributed by atoms with Gasteiger partial charge < -0.3 is 15.7 Å². The van der Waals surface area contributed by atoms with Crippen LogP contribution < -0.4 is 10.6 Å². The Morgan fingerprint density at radius 3 is 2.50 bits per heavy atom. The highest BCUT2D eigenvalue weighted by Crippen LogP contribution is 2.32. The van der Waals surface area contributed by atoms with Crippen molar-refractivity contribution in [3.05, 3.63) is 35.1 Å². The van der Waals surface area contributed by atoms with Crippen LogP contribution in [0.5, 0.6) is 0 Å². The standard InChI is InChI=1S/C13H14F4N2O3/c1-7(19-10(21)6-20)5-18-12(22)8-3-2-4-9(11(8)14)13(15,16)17/h2-4,7,20H,5-6H2,1H3,(H,18,22)(H,19,21). The molecule has 1 unspecified atom stereocenters. The van der Waals surface area contributed by atoms with Crippen molar-refractivity contribution in [3.63, 3.8) is 0 Å². The quantitative estimate of drug-likeness (QED) is 0.710. The van der Waals surface area contributed by atoms with Gasteiger partial charge in [0.25, 0.3) is 5.91 Å². The Morgan fingerprint density at radius 1 is 1.32 bits per heavy atom. The first-order valence-electron chi connectivity index (χ1n) is 6.21. The fourth-order valence-electron chi connectivity index (χ4n) is 1.64. The van der Waals surface area contributed by atoms with Crippen LogP contribution in [0.3, 0.4) is 0 Å². The molecule has 9 heteroatoms. The molecule has 0 heterocycles. The number of benzene rings is 1. The smallest absolute Gasteiger partial charge is 0.387 e. The minimum atomic E-state index is -4.90. The molecule has 0 saturated heterocycles. The molecule has 0 spiro atoms. The lowest BCUT2D eigenvalue weighted by Crippen LogP contribution is -2.43. The van der Waals surface area contributed by atoms with Crippen LogP contribution in [0.25, 0.3) is 0 Å². The topological polar surface area (TPSA) is 78.4 Å². The highest BCUT2D eigenvalue weighted by atomic mass is 19.4. The zero-order valence-electron chi connectivity index (χ0n) is 11.5. The lowest BCUT2D eigenvalue weighted by Gasteiger charge is -2.15. The Labute approximate surface area is 123 Å². The average molecular weight is 322 g/mol. The van der Waals surface area contributed by atoms with Crippen molar-refractivity contribution in [1.82, 2.24) is 10.6 Å². The molecule has 1 aromatic rings. The Morgan fingerprint density at radius 2 is 1.95 bits per heavy atom. The minimum Gasteiger partial charge on any atom is -0.387 e. The van der Waals surface area contributed by atoms with Crippen LogP contribution >= 0.6 is 0 Å². The lowest BCUT2D eigenvalue weighted by atomic mass is 10.1. The first-order chi connectivity index (χ1) is 10.2. The summed E-state index contributed by atoms with van der Waals surface area (Å²) >= 11 is 0. The van der Waals surface area contributed by atoms with E-state index in [2.05, 4.69) is 10.6 Å². The fraction of sp³-hybridized carbons (Fsp3) is 0.385. The SMILES string of the molecule is CC(CNC(=O)c1cccc(C(F)(F)F)c1F)NC(=O)CO. The van der Waals surface area contributed by atoms with Crippen LogP contribution in [0.15, 0.2) is 18.2 Å². The normalized spacial score (nSPS) is 12.6. The summed E-state index contributed by atoms with van der Waals surface area (Å²) in [6.45, 7) is 0.622. The number of rotatable bonds is 5. The van der Waals surface area contributed by atoms with Gasteiger partial charge in [-0.05, 0) is 19.1 Å². The van der Waals surface area contributed by atoms with Gasteiger partial charge in [0.05, 0.1) is 11.1 Å². The number of aliphatic hydroxyl groups is 1. The number of aliphatic hydroxyl groups excluding tert-OH is 1. The van der Waals surface area contributed by atoms with Gasteiger partial charge in [-0.1, -0.05) is 6.07 Å². The molecule has 122 valence electrons. The van der Waals surface area contributed by atoms with E-state index in [9.17, 15) is 27.2 Å². The second-order valence-electron chi connectivity index (χ2n) is 4.50. The maximum Gasteiger partial charge on any atom is 0.419 e. The largest absolute Gasteiger partial charge is 0.419 e. The summed E-state index contributed by atoms with van der Waals surface area (Å²) in [6.07, 6.45) is -4.90. The van der Waals surface area contributed by atoms with E-state index in [-0.39, 0.29) is 6.54 Å². The summed E-state index contributed by atoms with van der Waals surface area (Å²) in [6, 6.07) is 1.81. The first kappa shape index (κ1) is 17.9. The molecule has 0 saturated carbocycles. The fourth-order valence-corrected chi connectivity index (χ4v) is 1.64. The van der Waals surface area contributed by atoms with Gasteiger partial charge in [-0.15, -0.1) is 0 Å². The molecule has 5 nitrogen and oxygen atoms in total. The van der Waals surface area contributed by atoms with Crippen LogP contribution in [0.4, 0.5) is 17.6 Å². The molecule has 0 fully saturated rings. The highest BCUT2D eigenvalue weighted by Gasteiger charge is 2.35. The maximum atomic E-state index is 13.7. The van der Waals surface area contributed by atoms with Crippen molar-refractivity contribution in [2.24, 2.45) is 0 Å². The number of hydrogen-bond donors (Lipinski definition) is 3. The molecule has 0 aliphatic rings. The summed E-state index contributed by atoms with van der Waals surface area (Å²) in [5, 5.41) is 13.0. The Kier molecular flexibility index (Phi) is 5.86. The zero-order chi connectivity index (χ0) is 16.9. The first-order valence-corrected chi connectivity index (χ1v) is 6.21. The van der Waals surface area contributed by atoms with Gasteiger partial charge in [-0.2, -0.15) is 13.2 Å². The van der Waals surface area contributed by atoms with Crippen molar-refractivity contribution in [2.45, 2.75) is 19.1 Å². The number of carbonyl (C=O) groups is 2. The number of amides is 2. The molecule has 1 aromatic carbocycles. The predicted octanol–water partition coefficient (Wildman–Crippen LogP) is 1.07. The molecular formula is C13H14F4N2O3. The Hall–Kier alpha value is -2.16. The van der Waals surface area contributed by atoms with E-state index in [1.165, 1.54) is 6.92 Å². The van der Waals surface area contributed by atoms with E-state index in [0.717, 1.165) is 12.1 Å². The van der Waals surface area contributed by atoms with Crippen molar-refractivity contribution < 1.29 is 32.3 Å². The van der Waals surface area contributed by atoms with Gasteiger partial charge >= 0.3 is 6.18 Å². The zero-order valence-corrected chi connectivity index (χ0v) is 11.5. The Bertz CT molecular complexity index is 561. The minimum absolute atomic E-state index is 0.139. The summed E-state index contributed by atoms with van der Waals surface area (Å²) in [5.74, 6) is -3.36. The second-order valence-corrected chi connectivity index (χ2v) is 4.50. The number of halogens is 4. The van der Waals surface area contributed by atoms with Gasteiger partial charge in [-0.3, -0.25) is 9.59 Å². The highest BCUT2D eigenvalue weighted by molar-refractivity contribution is 5.94.